The van der Waals surface area contributed by atoms with Gasteiger partial charge in [0.1, 0.15) is 5.56 Å². The minimum atomic E-state index is -0.627. The number of carbonyl (C=O) groups is 1. The second kappa shape index (κ2) is 4.77. The number of amides is 1. The van der Waals surface area contributed by atoms with Crippen LogP contribution in [0.25, 0.3) is 0 Å². The van der Waals surface area contributed by atoms with Gasteiger partial charge in [0.05, 0.1) is 16.8 Å². The molecule has 8 heteroatoms. The number of nitro groups is 1. The van der Waals surface area contributed by atoms with Crippen LogP contribution in [0, 0.1) is 10.1 Å². The van der Waals surface area contributed by atoms with Crippen LogP contribution in [0.2, 0.25) is 0 Å². The molecule has 1 aromatic heterocycles. The van der Waals surface area contributed by atoms with Crippen molar-refractivity contribution in [1.29, 1.82) is 0 Å². The second-order valence-electron chi connectivity index (χ2n) is 3.89. The highest BCUT2D eigenvalue weighted by Crippen LogP contribution is 2.22. The van der Waals surface area contributed by atoms with Crippen LogP contribution in [0.15, 0.2) is 30.6 Å². The highest BCUT2D eigenvalue weighted by atomic mass is 16.6. The Kier molecular flexibility index (Phi) is 3.15. The van der Waals surface area contributed by atoms with Crippen LogP contribution >= 0.6 is 0 Å². The molecule has 1 aromatic carbocycles. The summed E-state index contributed by atoms with van der Waals surface area (Å²) in [6, 6.07) is 3.84. The summed E-state index contributed by atoms with van der Waals surface area (Å²) in [5, 5.41) is 17.3. The molecular weight excluding hydrogens is 250 g/mol. The zero-order valence-electron chi connectivity index (χ0n) is 10.0. The molecule has 0 saturated carbocycles. The fraction of sp³-hybridized carbons (Fsp3) is 0.0909. The number of carbonyl (C=O) groups excluding carboxylic acids is 1. The zero-order chi connectivity index (χ0) is 14.0. The molecule has 0 radical (unpaired) electrons. The fourth-order valence-electron chi connectivity index (χ4n) is 1.58. The molecule has 8 nitrogen and oxygen atoms in total. The van der Waals surface area contributed by atoms with Crippen molar-refractivity contribution in [2.45, 2.75) is 0 Å². The van der Waals surface area contributed by atoms with Crippen molar-refractivity contribution >= 4 is 23.0 Å². The predicted octanol–water partition coefficient (Wildman–Crippen LogP) is 1.16. The molecule has 0 aliphatic carbocycles. The number of nitrogens with zero attached hydrogens (tertiary/aromatic N) is 3. The van der Waals surface area contributed by atoms with Crippen LogP contribution in [-0.2, 0) is 7.05 Å². The SMILES string of the molecule is Cn1cc(NC(=O)c2cc(N)ccc2[N+](=O)[O-])cn1. The number of hydrogen-bond acceptors (Lipinski definition) is 5. The number of benzene rings is 1. The number of hydrogen-bond donors (Lipinski definition) is 2. The molecule has 0 bridgehead atoms. The number of aromatic nitrogens is 2. The van der Waals surface area contributed by atoms with Crippen molar-refractivity contribution in [2.24, 2.45) is 7.05 Å². The van der Waals surface area contributed by atoms with Crippen molar-refractivity contribution in [1.82, 2.24) is 9.78 Å². The van der Waals surface area contributed by atoms with Crippen LogP contribution in [0.5, 0.6) is 0 Å². The Hall–Kier alpha value is -2.90. The van der Waals surface area contributed by atoms with Gasteiger partial charge in [-0.15, -0.1) is 0 Å². The molecule has 19 heavy (non-hydrogen) atoms. The lowest BCUT2D eigenvalue weighted by Gasteiger charge is -2.04. The maximum Gasteiger partial charge on any atom is 0.282 e. The first-order valence-electron chi connectivity index (χ1n) is 5.31. The van der Waals surface area contributed by atoms with Crippen molar-refractivity contribution < 1.29 is 9.72 Å². The van der Waals surface area contributed by atoms with E-state index in [1.54, 1.807) is 13.2 Å². The first-order valence-corrected chi connectivity index (χ1v) is 5.31. The van der Waals surface area contributed by atoms with Gasteiger partial charge in [-0.3, -0.25) is 19.6 Å². The maximum absolute atomic E-state index is 12.0. The quantitative estimate of drug-likeness (QED) is 0.488. The van der Waals surface area contributed by atoms with Crippen molar-refractivity contribution in [3.63, 3.8) is 0 Å². The molecule has 1 heterocycles. The number of aryl methyl sites for hydroxylation is 1. The number of nitrogen functional groups attached to an aromatic ring is 1. The molecule has 0 unspecified atom stereocenters. The minimum absolute atomic E-state index is 0.0890. The molecular formula is C11H11N5O3. The summed E-state index contributed by atoms with van der Waals surface area (Å²) >= 11 is 0. The van der Waals surface area contributed by atoms with Gasteiger partial charge in [-0.2, -0.15) is 5.10 Å². The molecule has 2 aromatic rings. The third-order valence-electron chi connectivity index (χ3n) is 2.42. The van der Waals surface area contributed by atoms with Gasteiger partial charge >= 0.3 is 0 Å². The van der Waals surface area contributed by atoms with Crippen LogP contribution in [0.4, 0.5) is 17.1 Å². The van der Waals surface area contributed by atoms with E-state index in [4.69, 9.17) is 5.73 Å². The first-order chi connectivity index (χ1) is 8.97. The lowest BCUT2D eigenvalue weighted by Crippen LogP contribution is -2.14. The highest BCUT2D eigenvalue weighted by molar-refractivity contribution is 6.07. The zero-order valence-corrected chi connectivity index (χ0v) is 10.0. The van der Waals surface area contributed by atoms with Crippen molar-refractivity contribution in [2.75, 3.05) is 11.1 Å². The fourth-order valence-corrected chi connectivity index (χ4v) is 1.58. The Bertz CT molecular complexity index is 650. The molecule has 0 fully saturated rings. The minimum Gasteiger partial charge on any atom is -0.399 e. The lowest BCUT2D eigenvalue weighted by atomic mass is 10.1. The van der Waals surface area contributed by atoms with E-state index >= 15 is 0 Å². The Labute approximate surface area is 108 Å². The number of rotatable bonds is 3. The molecule has 98 valence electrons. The Morgan fingerprint density at radius 3 is 2.84 bits per heavy atom. The second-order valence-corrected chi connectivity index (χ2v) is 3.89. The standard InChI is InChI=1S/C11H11N5O3/c1-15-6-8(5-13-15)14-11(17)9-4-7(12)2-3-10(9)16(18)19/h2-6H,12H2,1H3,(H,14,17). The topological polar surface area (TPSA) is 116 Å². The van der Waals surface area contributed by atoms with E-state index in [9.17, 15) is 14.9 Å². The van der Waals surface area contributed by atoms with E-state index in [2.05, 4.69) is 10.4 Å². The normalized spacial score (nSPS) is 10.2. The van der Waals surface area contributed by atoms with Gasteiger partial charge in [0.25, 0.3) is 11.6 Å². The third kappa shape index (κ3) is 2.68. The van der Waals surface area contributed by atoms with E-state index in [0.29, 0.717) is 5.69 Å². The van der Waals surface area contributed by atoms with Crippen LogP contribution in [0.3, 0.4) is 0 Å². The summed E-state index contributed by atoms with van der Waals surface area (Å²) in [7, 11) is 1.69. The summed E-state index contributed by atoms with van der Waals surface area (Å²) < 4.78 is 1.50. The molecule has 0 atom stereocenters. The summed E-state index contributed by atoms with van der Waals surface area (Å²) in [4.78, 5) is 22.2. The highest BCUT2D eigenvalue weighted by Gasteiger charge is 2.20. The van der Waals surface area contributed by atoms with Gasteiger partial charge < -0.3 is 11.1 Å². The van der Waals surface area contributed by atoms with E-state index in [-0.39, 0.29) is 16.9 Å². The predicted molar refractivity (Wildman–Crippen MR) is 68.7 cm³/mol. The van der Waals surface area contributed by atoms with Crippen molar-refractivity contribution in [3.8, 4) is 0 Å². The monoisotopic (exact) mass is 261 g/mol. The Morgan fingerprint density at radius 1 is 1.53 bits per heavy atom. The lowest BCUT2D eigenvalue weighted by molar-refractivity contribution is -0.385. The largest absolute Gasteiger partial charge is 0.399 e. The average Bonchev–Trinajstić information content (AvgIpc) is 2.74. The smallest absolute Gasteiger partial charge is 0.282 e. The van der Waals surface area contributed by atoms with E-state index in [1.165, 1.54) is 29.1 Å². The first kappa shape index (κ1) is 12.6. The van der Waals surface area contributed by atoms with Crippen LogP contribution in [-0.4, -0.2) is 20.6 Å². The summed E-state index contributed by atoms with van der Waals surface area (Å²) in [6.07, 6.45) is 3.02. The molecule has 0 spiro atoms. The van der Waals surface area contributed by atoms with Crippen molar-refractivity contribution in [3.05, 3.63) is 46.3 Å². The van der Waals surface area contributed by atoms with Gasteiger partial charge in [-0.25, -0.2) is 0 Å². The number of nitrogens with two attached hydrogens (primary N) is 1. The van der Waals surface area contributed by atoms with Crippen LogP contribution < -0.4 is 11.1 Å². The molecule has 1 amide bonds. The molecule has 2 rings (SSSR count). The van der Waals surface area contributed by atoms with Gasteiger partial charge in [-0.05, 0) is 12.1 Å². The maximum atomic E-state index is 12.0. The van der Waals surface area contributed by atoms with Crippen LogP contribution in [0.1, 0.15) is 10.4 Å². The Balaban J connectivity index is 2.32. The molecule has 0 aliphatic rings. The molecule has 0 saturated heterocycles. The summed E-state index contributed by atoms with van der Waals surface area (Å²) in [5.41, 5.74) is 5.89. The average molecular weight is 261 g/mol. The summed E-state index contributed by atoms with van der Waals surface area (Å²) in [6.45, 7) is 0. The van der Waals surface area contributed by atoms with E-state index in [1.807, 2.05) is 0 Å². The van der Waals surface area contributed by atoms with Gasteiger partial charge in [0.15, 0.2) is 0 Å². The number of nitrogens with one attached hydrogen (secondary N) is 1. The molecule has 0 aliphatic heterocycles. The van der Waals surface area contributed by atoms with E-state index in [0.717, 1.165) is 0 Å². The molecule has 3 N–H and O–H groups in total. The van der Waals surface area contributed by atoms with Gasteiger partial charge in [-0.1, -0.05) is 0 Å². The summed E-state index contributed by atoms with van der Waals surface area (Å²) in [5.74, 6) is -0.605. The van der Waals surface area contributed by atoms with Gasteiger partial charge in [0.2, 0.25) is 0 Å². The third-order valence-corrected chi connectivity index (χ3v) is 2.42. The number of nitro benzene ring substituents is 1. The number of anilines is 2. The van der Waals surface area contributed by atoms with E-state index < -0.39 is 10.8 Å². The van der Waals surface area contributed by atoms with Gasteiger partial charge in [0, 0.05) is 25.0 Å². The Morgan fingerprint density at radius 2 is 2.26 bits per heavy atom.